The van der Waals surface area contributed by atoms with Crippen molar-refractivity contribution in [3.8, 4) is 5.88 Å². The Hall–Kier alpha value is -2.08. The van der Waals surface area contributed by atoms with E-state index in [9.17, 15) is 4.79 Å². The van der Waals surface area contributed by atoms with Gasteiger partial charge in [-0.1, -0.05) is 0 Å². The number of rotatable bonds is 2. The molecule has 0 aliphatic carbocycles. The van der Waals surface area contributed by atoms with Gasteiger partial charge in [0, 0.05) is 44.9 Å². The van der Waals surface area contributed by atoms with Gasteiger partial charge in [-0.05, 0) is 13.0 Å². The normalized spacial score (nSPS) is 19.0. The van der Waals surface area contributed by atoms with Gasteiger partial charge in [0.2, 0.25) is 5.88 Å². The molecular weight excluding hydrogens is 268 g/mol. The van der Waals surface area contributed by atoms with Crippen LogP contribution >= 0.6 is 0 Å². The van der Waals surface area contributed by atoms with Crippen molar-refractivity contribution < 1.29 is 4.74 Å². The summed E-state index contributed by atoms with van der Waals surface area (Å²) in [7, 11) is 3.37. The summed E-state index contributed by atoms with van der Waals surface area (Å²) in [6.07, 6.45) is 0. The smallest absolute Gasteiger partial charge is 0.252 e. The Morgan fingerprint density at radius 1 is 1.43 bits per heavy atom. The molecule has 6 nitrogen and oxygen atoms in total. The molecule has 1 fully saturated rings. The lowest BCUT2D eigenvalue weighted by molar-refractivity contribution is 0.399. The van der Waals surface area contributed by atoms with Gasteiger partial charge in [0.1, 0.15) is 5.52 Å². The second-order valence-electron chi connectivity index (χ2n) is 5.39. The minimum absolute atomic E-state index is 0.0183. The number of piperazine rings is 1. The van der Waals surface area contributed by atoms with Crippen molar-refractivity contribution in [2.75, 3.05) is 31.6 Å². The predicted molar refractivity (Wildman–Crippen MR) is 83.2 cm³/mol. The van der Waals surface area contributed by atoms with E-state index >= 15 is 0 Å². The fraction of sp³-hybridized carbons (Fsp3) is 0.467. The van der Waals surface area contributed by atoms with Crippen LogP contribution in [0.5, 0.6) is 5.88 Å². The molecule has 1 unspecified atom stereocenters. The summed E-state index contributed by atoms with van der Waals surface area (Å²) in [5.41, 5.74) is 2.51. The zero-order valence-corrected chi connectivity index (χ0v) is 12.6. The summed E-state index contributed by atoms with van der Waals surface area (Å²) >= 11 is 0. The van der Waals surface area contributed by atoms with Crippen LogP contribution in [-0.2, 0) is 7.05 Å². The largest absolute Gasteiger partial charge is 0.481 e. The Morgan fingerprint density at radius 3 is 2.95 bits per heavy atom. The summed E-state index contributed by atoms with van der Waals surface area (Å²) in [6, 6.07) is 5.67. The first-order chi connectivity index (χ1) is 10.1. The molecule has 0 saturated carbocycles. The third kappa shape index (κ3) is 2.35. The first-order valence-electron chi connectivity index (χ1n) is 7.14. The van der Waals surface area contributed by atoms with E-state index in [0.29, 0.717) is 11.9 Å². The van der Waals surface area contributed by atoms with Crippen LogP contribution in [0.4, 0.5) is 5.69 Å². The molecule has 3 rings (SSSR count). The van der Waals surface area contributed by atoms with E-state index in [-0.39, 0.29) is 5.56 Å². The maximum atomic E-state index is 12.2. The molecule has 1 atom stereocenters. The molecule has 2 aromatic heterocycles. The van der Waals surface area contributed by atoms with E-state index in [0.717, 1.165) is 36.4 Å². The average Bonchev–Trinajstić information content (AvgIpc) is 2.51. The van der Waals surface area contributed by atoms with Crippen LogP contribution in [-0.4, -0.2) is 42.3 Å². The van der Waals surface area contributed by atoms with E-state index in [1.54, 1.807) is 30.9 Å². The number of aryl methyl sites for hydroxylation is 1. The maximum Gasteiger partial charge on any atom is 0.252 e. The average molecular weight is 288 g/mol. The zero-order chi connectivity index (χ0) is 15.0. The Balaban J connectivity index is 2.25. The van der Waals surface area contributed by atoms with Crippen LogP contribution in [0.2, 0.25) is 0 Å². The molecular formula is C15H20N4O2. The van der Waals surface area contributed by atoms with Gasteiger partial charge in [0.05, 0.1) is 18.3 Å². The lowest BCUT2D eigenvalue weighted by Crippen LogP contribution is -2.50. The van der Waals surface area contributed by atoms with Gasteiger partial charge in [-0.15, -0.1) is 0 Å². The van der Waals surface area contributed by atoms with Gasteiger partial charge >= 0.3 is 0 Å². The van der Waals surface area contributed by atoms with Crippen molar-refractivity contribution in [3.63, 3.8) is 0 Å². The van der Waals surface area contributed by atoms with Gasteiger partial charge in [0.25, 0.3) is 5.56 Å². The SMILES string of the molecule is COc1ccc2c(n1)c(N1CCNCC1C)cc(=O)n2C. The molecule has 1 aliphatic rings. The fourth-order valence-electron chi connectivity index (χ4n) is 2.83. The van der Waals surface area contributed by atoms with E-state index in [1.807, 2.05) is 6.07 Å². The third-order valence-corrected chi connectivity index (χ3v) is 4.06. The number of fused-ring (bicyclic) bond motifs is 1. The third-order valence-electron chi connectivity index (χ3n) is 4.06. The molecule has 2 aromatic rings. The van der Waals surface area contributed by atoms with Crippen LogP contribution in [0.15, 0.2) is 23.0 Å². The van der Waals surface area contributed by atoms with Gasteiger partial charge in [-0.2, -0.15) is 0 Å². The number of hydrogen-bond donors (Lipinski definition) is 1. The van der Waals surface area contributed by atoms with E-state index in [1.165, 1.54) is 0 Å². The molecule has 3 heterocycles. The van der Waals surface area contributed by atoms with E-state index < -0.39 is 0 Å². The highest BCUT2D eigenvalue weighted by molar-refractivity contribution is 5.89. The summed E-state index contributed by atoms with van der Waals surface area (Å²) in [5.74, 6) is 0.560. The predicted octanol–water partition coefficient (Wildman–Crippen LogP) is 0.740. The van der Waals surface area contributed by atoms with E-state index in [2.05, 4.69) is 22.1 Å². The van der Waals surface area contributed by atoms with Crippen LogP contribution in [0, 0.1) is 0 Å². The summed E-state index contributed by atoms with van der Waals surface area (Å²) in [5, 5.41) is 3.36. The monoisotopic (exact) mass is 288 g/mol. The number of pyridine rings is 2. The summed E-state index contributed by atoms with van der Waals surface area (Å²) < 4.78 is 6.86. The van der Waals surface area contributed by atoms with Gasteiger partial charge in [-0.25, -0.2) is 4.98 Å². The first kappa shape index (κ1) is 13.9. The molecule has 112 valence electrons. The molecule has 1 aliphatic heterocycles. The van der Waals surface area contributed by atoms with Crippen LogP contribution in [0.1, 0.15) is 6.92 Å². The number of nitrogens with one attached hydrogen (secondary N) is 1. The fourth-order valence-corrected chi connectivity index (χ4v) is 2.83. The highest BCUT2D eigenvalue weighted by atomic mass is 16.5. The van der Waals surface area contributed by atoms with Crippen LogP contribution in [0.3, 0.4) is 0 Å². The lowest BCUT2D eigenvalue weighted by Gasteiger charge is -2.36. The topological polar surface area (TPSA) is 59.4 Å². The van der Waals surface area contributed by atoms with Crippen molar-refractivity contribution in [1.82, 2.24) is 14.9 Å². The molecule has 21 heavy (non-hydrogen) atoms. The minimum Gasteiger partial charge on any atom is -0.481 e. The Bertz CT molecular complexity index is 725. The summed E-state index contributed by atoms with van der Waals surface area (Å²) in [6.45, 7) is 4.82. The highest BCUT2D eigenvalue weighted by Gasteiger charge is 2.22. The number of hydrogen-bond acceptors (Lipinski definition) is 5. The van der Waals surface area contributed by atoms with Crippen molar-refractivity contribution in [2.45, 2.75) is 13.0 Å². The summed E-state index contributed by atoms with van der Waals surface area (Å²) in [4.78, 5) is 19.0. The number of aromatic nitrogens is 2. The molecule has 0 spiro atoms. The van der Waals surface area contributed by atoms with Crippen LogP contribution < -0.4 is 20.5 Å². The standard InChI is InChI=1S/C15H20N4O2/c1-10-9-16-6-7-19(10)12-8-14(20)18(2)11-4-5-13(21-3)17-15(11)12/h4-5,8,10,16H,6-7,9H2,1-3H3. The lowest BCUT2D eigenvalue weighted by atomic mass is 10.1. The maximum absolute atomic E-state index is 12.2. The molecule has 6 heteroatoms. The van der Waals surface area contributed by atoms with Crippen molar-refractivity contribution in [1.29, 1.82) is 0 Å². The number of nitrogens with zero attached hydrogens (tertiary/aromatic N) is 3. The highest BCUT2D eigenvalue weighted by Crippen LogP contribution is 2.27. The number of anilines is 1. The molecule has 1 N–H and O–H groups in total. The molecule has 0 radical (unpaired) electrons. The van der Waals surface area contributed by atoms with Gasteiger partial charge in [0.15, 0.2) is 0 Å². The van der Waals surface area contributed by atoms with Gasteiger partial charge < -0.3 is 19.5 Å². The number of ether oxygens (including phenoxy) is 1. The minimum atomic E-state index is -0.0183. The van der Waals surface area contributed by atoms with Gasteiger partial charge in [-0.3, -0.25) is 4.79 Å². The second kappa shape index (κ2) is 5.37. The zero-order valence-electron chi connectivity index (χ0n) is 12.6. The quantitative estimate of drug-likeness (QED) is 0.883. The Morgan fingerprint density at radius 2 is 2.24 bits per heavy atom. The van der Waals surface area contributed by atoms with Crippen molar-refractivity contribution in [3.05, 3.63) is 28.6 Å². The molecule has 0 aromatic carbocycles. The number of methoxy groups -OCH3 is 1. The van der Waals surface area contributed by atoms with Crippen molar-refractivity contribution >= 4 is 16.7 Å². The van der Waals surface area contributed by atoms with Crippen molar-refractivity contribution in [2.24, 2.45) is 7.05 Å². The van der Waals surface area contributed by atoms with E-state index in [4.69, 9.17) is 4.74 Å². The van der Waals surface area contributed by atoms with Crippen LogP contribution in [0.25, 0.3) is 11.0 Å². The Labute approximate surface area is 123 Å². The molecule has 0 bridgehead atoms. The molecule has 1 saturated heterocycles. The first-order valence-corrected chi connectivity index (χ1v) is 7.14. The Kier molecular flexibility index (Phi) is 3.55. The second-order valence-corrected chi connectivity index (χ2v) is 5.39. The molecule has 0 amide bonds.